The van der Waals surface area contributed by atoms with E-state index in [1.165, 1.54) is 9.75 Å². The number of halogens is 1. The predicted octanol–water partition coefficient (Wildman–Crippen LogP) is 4.25. The molecule has 98 valence electrons. The summed E-state index contributed by atoms with van der Waals surface area (Å²) in [5, 5.41) is 0.637. The lowest BCUT2D eigenvalue weighted by atomic mass is 10.2. The fourth-order valence-corrected chi connectivity index (χ4v) is 3.44. The summed E-state index contributed by atoms with van der Waals surface area (Å²) in [5.74, 6) is 0.502. The number of rotatable bonds is 2. The summed E-state index contributed by atoms with van der Waals surface area (Å²) in [6.45, 7) is 4.23. The molecule has 1 atom stereocenters. The van der Waals surface area contributed by atoms with Crippen LogP contribution in [-0.4, -0.2) is 9.55 Å². The molecule has 0 spiro atoms. The van der Waals surface area contributed by atoms with Gasteiger partial charge in [0.05, 0.1) is 16.6 Å². The van der Waals surface area contributed by atoms with Crippen molar-refractivity contribution in [1.82, 2.24) is 9.55 Å². The van der Waals surface area contributed by atoms with Crippen LogP contribution < -0.4 is 5.73 Å². The highest BCUT2D eigenvalue weighted by molar-refractivity contribution is 7.12. The summed E-state index contributed by atoms with van der Waals surface area (Å²) in [6, 6.07) is 10.2. The van der Waals surface area contributed by atoms with Crippen LogP contribution in [0.2, 0.25) is 5.02 Å². The third kappa shape index (κ3) is 2.01. The normalized spacial score (nSPS) is 13.0. The molecule has 19 heavy (non-hydrogen) atoms. The molecule has 1 unspecified atom stereocenters. The Morgan fingerprint density at radius 1 is 1.32 bits per heavy atom. The molecule has 0 bridgehead atoms. The second-order valence-electron chi connectivity index (χ2n) is 4.57. The minimum absolute atomic E-state index is 0.155. The van der Waals surface area contributed by atoms with Crippen molar-refractivity contribution in [2.24, 2.45) is 0 Å². The monoisotopic (exact) mass is 291 g/mol. The summed E-state index contributed by atoms with van der Waals surface area (Å²) >= 11 is 7.95. The molecule has 3 rings (SSSR count). The number of hydrogen-bond donors (Lipinski definition) is 1. The van der Waals surface area contributed by atoms with E-state index in [0.717, 1.165) is 11.0 Å². The Hall–Kier alpha value is -1.52. The van der Waals surface area contributed by atoms with E-state index in [1.54, 1.807) is 11.3 Å². The van der Waals surface area contributed by atoms with Gasteiger partial charge < -0.3 is 10.3 Å². The molecule has 2 N–H and O–H groups in total. The van der Waals surface area contributed by atoms with E-state index >= 15 is 0 Å². The van der Waals surface area contributed by atoms with Crippen LogP contribution in [0.5, 0.6) is 0 Å². The van der Waals surface area contributed by atoms with E-state index in [4.69, 9.17) is 17.3 Å². The molecule has 0 aliphatic carbocycles. The first-order valence-corrected chi connectivity index (χ1v) is 7.25. The van der Waals surface area contributed by atoms with Crippen molar-refractivity contribution in [2.45, 2.75) is 19.9 Å². The van der Waals surface area contributed by atoms with E-state index in [0.29, 0.717) is 11.0 Å². The zero-order chi connectivity index (χ0) is 13.6. The Bertz CT molecular complexity index is 744. The van der Waals surface area contributed by atoms with Crippen LogP contribution in [-0.2, 0) is 0 Å². The lowest BCUT2D eigenvalue weighted by Gasteiger charge is -2.14. The molecule has 2 heterocycles. The molecular weight excluding hydrogens is 278 g/mol. The number of anilines is 1. The average Bonchev–Trinajstić information content (AvgIpc) is 2.93. The third-order valence-electron chi connectivity index (χ3n) is 3.26. The maximum atomic E-state index is 6.17. The number of nitrogen functional groups attached to an aromatic ring is 1. The lowest BCUT2D eigenvalue weighted by molar-refractivity contribution is 0.680. The Balaban J connectivity index is 2.19. The van der Waals surface area contributed by atoms with E-state index in [-0.39, 0.29) is 6.04 Å². The van der Waals surface area contributed by atoms with E-state index < -0.39 is 0 Å². The largest absolute Gasteiger partial charge is 0.369 e. The van der Waals surface area contributed by atoms with Gasteiger partial charge >= 0.3 is 0 Å². The van der Waals surface area contributed by atoms with Gasteiger partial charge in [0, 0.05) is 9.75 Å². The molecule has 0 aliphatic rings. The number of fused-ring (bicyclic) bond motifs is 1. The van der Waals surface area contributed by atoms with Crippen LogP contribution in [0.1, 0.15) is 22.7 Å². The molecule has 3 aromatic rings. The Morgan fingerprint density at radius 3 is 2.79 bits per heavy atom. The van der Waals surface area contributed by atoms with Gasteiger partial charge in [-0.15, -0.1) is 11.3 Å². The van der Waals surface area contributed by atoms with Crippen molar-refractivity contribution in [3.8, 4) is 0 Å². The molecule has 1 aromatic carbocycles. The highest BCUT2D eigenvalue weighted by Crippen LogP contribution is 2.33. The first-order chi connectivity index (χ1) is 9.08. The van der Waals surface area contributed by atoms with Gasteiger partial charge in [0.1, 0.15) is 5.52 Å². The molecular formula is C14H14ClN3S. The minimum Gasteiger partial charge on any atom is -0.369 e. The van der Waals surface area contributed by atoms with Crippen molar-refractivity contribution in [3.63, 3.8) is 0 Å². The minimum atomic E-state index is 0.155. The molecule has 5 heteroatoms. The highest BCUT2D eigenvalue weighted by Gasteiger charge is 2.17. The summed E-state index contributed by atoms with van der Waals surface area (Å²) in [6.07, 6.45) is 0. The standard InChI is InChI=1S/C14H14ClN3S/c1-8-6-7-12(19-8)9(2)18-11-5-3-4-10(15)13(11)17-14(18)16/h3-7,9H,1-2H3,(H2,16,17). The number of benzene rings is 1. The average molecular weight is 292 g/mol. The Kier molecular flexibility index (Phi) is 2.99. The van der Waals surface area contributed by atoms with Gasteiger partial charge in [-0.3, -0.25) is 0 Å². The maximum absolute atomic E-state index is 6.17. The van der Waals surface area contributed by atoms with Crippen molar-refractivity contribution in [3.05, 3.63) is 45.1 Å². The molecule has 0 radical (unpaired) electrons. The van der Waals surface area contributed by atoms with Gasteiger partial charge in [-0.1, -0.05) is 17.7 Å². The second kappa shape index (κ2) is 4.54. The topological polar surface area (TPSA) is 43.8 Å². The van der Waals surface area contributed by atoms with E-state index in [1.807, 2.05) is 22.8 Å². The van der Waals surface area contributed by atoms with Crippen LogP contribution in [0, 0.1) is 6.92 Å². The number of nitrogens with zero attached hydrogens (tertiary/aromatic N) is 2. The summed E-state index contributed by atoms with van der Waals surface area (Å²) < 4.78 is 2.03. The molecule has 0 saturated heterocycles. The number of para-hydroxylation sites is 1. The quantitative estimate of drug-likeness (QED) is 0.767. The Morgan fingerprint density at radius 2 is 2.11 bits per heavy atom. The smallest absolute Gasteiger partial charge is 0.201 e. The molecule has 0 fully saturated rings. The number of hydrogen-bond acceptors (Lipinski definition) is 3. The van der Waals surface area contributed by atoms with Gasteiger partial charge in [-0.2, -0.15) is 0 Å². The third-order valence-corrected chi connectivity index (χ3v) is 4.73. The van der Waals surface area contributed by atoms with Gasteiger partial charge in [0.15, 0.2) is 0 Å². The molecule has 0 aliphatic heterocycles. The fraction of sp³-hybridized carbons (Fsp3) is 0.214. The van der Waals surface area contributed by atoms with Crippen LogP contribution in [0.4, 0.5) is 5.95 Å². The molecule has 2 aromatic heterocycles. The zero-order valence-electron chi connectivity index (χ0n) is 10.7. The number of aromatic nitrogens is 2. The van der Waals surface area contributed by atoms with E-state index in [9.17, 15) is 0 Å². The first-order valence-electron chi connectivity index (χ1n) is 6.06. The molecule has 3 nitrogen and oxygen atoms in total. The van der Waals surface area contributed by atoms with Gasteiger partial charge in [-0.05, 0) is 38.1 Å². The lowest BCUT2D eigenvalue weighted by Crippen LogP contribution is -2.08. The predicted molar refractivity (Wildman–Crippen MR) is 82.0 cm³/mol. The summed E-state index contributed by atoms with van der Waals surface area (Å²) in [4.78, 5) is 6.94. The van der Waals surface area contributed by atoms with E-state index in [2.05, 4.69) is 31.0 Å². The van der Waals surface area contributed by atoms with Crippen molar-refractivity contribution in [2.75, 3.05) is 5.73 Å². The van der Waals surface area contributed by atoms with Crippen molar-refractivity contribution in [1.29, 1.82) is 0 Å². The van der Waals surface area contributed by atoms with Gasteiger partial charge in [0.2, 0.25) is 5.95 Å². The number of imidazole rings is 1. The van der Waals surface area contributed by atoms with Crippen molar-refractivity contribution < 1.29 is 0 Å². The highest BCUT2D eigenvalue weighted by atomic mass is 35.5. The number of aryl methyl sites for hydroxylation is 1. The second-order valence-corrected chi connectivity index (χ2v) is 6.30. The first kappa shape index (κ1) is 12.5. The summed E-state index contributed by atoms with van der Waals surface area (Å²) in [7, 11) is 0. The van der Waals surface area contributed by atoms with Crippen LogP contribution >= 0.6 is 22.9 Å². The zero-order valence-corrected chi connectivity index (χ0v) is 12.3. The van der Waals surface area contributed by atoms with Gasteiger partial charge in [0.25, 0.3) is 0 Å². The maximum Gasteiger partial charge on any atom is 0.201 e. The molecule has 0 saturated carbocycles. The van der Waals surface area contributed by atoms with Crippen molar-refractivity contribution >= 4 is 39.9 Å². The van der Waals surface area contributed by atoms with Crippen LogP contribution in [0.15, 0.2) is 30.3 Å². The number of thiophene rings is 1. The number of nitrogens with two attached hydrogens (primary N) is 1. The fourth-order valence-electron chi connectivity index (χ4n) is 2.31. The Labute approximate surface area is 120 Å². The van der Waals surface area contributed by atoms with Crippen LogP contribution in [0.25, 0.3) is 11.0 Å². The van der Waals surface area contributed by atoms with Gasteiger partial charge in [-0.25, -0.2) is 4.98 Å². The SMILES string of the molecule is Cc1ccc(C(C)n2c(N)nc3c(Cl)cccc32)s1. The summed E-state index contributed by atoms with van der Waals surface area (Å²) in [5.41, 5.74) is 7.81. The molecule has 0 amide bonds. The van der Waals surface area contributed by atoms with Crippen LogP contribution in [0.3, 0.4) is 0 Å².